The predicted molar refractivity (Wildman–Crippen MR) is 221 cm³/mol. The van der Waals surface area contributed by atoms with Crippen LogP contribution < -0.4 is 11.1 Å². The van der Waals surface area contributed by atoms with Crippen LogP contribution in [0, 0.1) is 5.41 Å². The molecule has 0 fully saturated rings. The molecule has 19 heteroatoms. The molecule has 2 aliphatic rings. The molecule has 0 bridgehead atoms. The Bertz CT molecular complexity index is 3060. The number of sulfonamides is 2. The van der Waals surface area contributed by atoms with Gasteiger partial charge in [-0.25, -0.2) is 21.6 Å². The van der Waals surface area contributed by atoms with Crippen molar-refractivity contribution in [2.45, 2.75) is 36.0 Å². The van der Waals surface area contributed by atoms with Crippen molar-refractivity contribution in [3.63, 3.8) is 0 Å². The molecule has 1 aliphatic carbocycles. The van der Waals surface area contributed by atoms with Crippen molar-refractivity contribution >= 4 is 42.7 Å². The first-order chi connectivity index (χ1) is 29.4. The first-order valence-corrected chi connectivity index (χ1v) is 21.3. The summed E-state index contributed by atoms with van der Waals surface area (Å²) in [7, 11) is -9.54. The largest absolute Gasteiger partial charge is 0.478 e. The number of nitrogens with one attached hydrogen (secondary N) is 1. The summed E-state index contributed by atoms with van der Waals surface area (Å²) < 4.78 is 69.6. The number of aromatic nitrogens is 6. The number of pyridine rings is 2. The number of rotatable bonds is 14. The number of hydrogen-bond acceptors (Lipinski definition) is 14. The van der Waals surface area contributed by atoms with Crippen LogP contribution in [0.3, 0.4) is 0 Å². The monoisotopic (exact) mass is 854 g/mol. The maximum atomic E-state index is 15.2. The highest BCUT2D eigenvalue weighted by atomic mass is 32.2. The Morgan fingerprint density at radius 2 is 1.16 bits per heavy atom. The Morgan fingerprint density at radius 1 is 0.623 bits per heavy atom. The minimum absolute atomic E-state index is 0.0751. The number of nitrogens with two attached hydrogens (primary N) is 1. The van der Waals surface area contributed by atoms with E-state index in [2.05, 4.69) is 29.9 Å². The summed E-state index contributed by atoms with van der Waals surface area (Å²) in [5.74, 6) is -1.73. The highest BCUT2D eigenvalue weighted by Gasteiger charge is 2.37. The van der Waals surface area contributed by atoms with E-state index in [4.69, 9.17) is 15.6 Å². The second-order valence-electron chi connectivity index (χ2n) is 13.6. The molecule has 0 spiro atoms. The minimum Gasteiger partial charge on any atom is -0.478 e. The third kappa shape index (κ3) is 8.05. The Balaban J connectivity index is 1.44. The molecule has 0 saturated carbocycles. The van der Waals surface area contributed by atoms with Gasteiger partial charge in [-0.2, -0.15) is 8.61 Å². The number of anilines is 1. The van der Waals surface area contributed by atoms with Crippen molar-refractivity contribution in [2.75, 3.05) is 5.73 Å². The molecule has 61 heavy (non-hydrogen) atoms. The number of nitrogens with zero attached hydrogens (tertiary/aromatic N) is 8. The van der Waals surface area contributed by atoms with Gasteiger partial charge in [0.15, 0.2) is 16.2 Å². The van der Waals surface area contributed by atoms with Gasteiger partial charge in [0.2, 0.25) is 20.0 Å². The number of benzene rings is 3. The molecule has 6 aromatic rings. The molecule has 0 atom stereocenters. The van der Waals surface area contributed by atoms with E-state index in [0.29, 0.717) is 17.1 Å². The van der Waals surface area contributed by atoms with Crippen LogP contribution >= 0.6 is 0 Å². The second kappa shape index (κ2) is 16.7. The van der Waals surface area contributed by atoms with Crippen molar-refractivity contribution in [1.82, 2.24) is 38.5 Å². The molecule has 2 aromatic carbocycles. The summed E-state index contributed by atoms with van der Waals surface area (Å²) in [6, 6.07) is 21.6. The van der Waals surface area contributed by atoms with E-state index in [1.54, 1.807) is 42.5 Å². The molecule has 4 aromatic heterocycles. The van der Waals surface area contributed by atoms with Crippen LogP contribution in [0.2, 0.25) is 0 Å². The Morgan fingerprint density at radius 3 is 1.70 bits per heavy atom. The van der Waals surface area contributed by atoms with E-state index in [9.17, 15) is 9.90 Å². The second-order valence-corrected chi connectivity index (χ2v) is 17.3. The fourth-order valence-electron chi connectivity index (χ4n) is 6.92. The molecule has 306 valence electrons. The van der Waals surface area contributed by atoms with E-state index >= 15 is 16.8 Å². The maximum absolute atomic E-state index is 15.2. The van der Waals surface area contributed by atoms with Crippen molar-refractivity contribution in [3.05, 3.63) is 168 Å². The molecule has 5 heterocycles. The van der Waals surface area contributed by atoms with Crippen molar-refractivity contribution in [2.24, 2.45) is 0 Å². The molecule has 1 aliphatic heterocycles. The zero-order valence-corrected chi connectivity index (χ0v) is 33.5. The summed E-state index contributed by atoms with van der Waals surface area (Å²) in [6.07, 6.45) is 11.6. The fourth-order valence-corrected chi connectivity index (χ4v) is 10.1. The third-order valence-electron chi connectivity index (χ3n) is 9.66. The highest BCUT2D eigenvalue weighted by Crippen LogP contribution is 2.46. The van der Waals surface area contributed by atoms with Gasteiger partial charge in [-0.1, -0.05) is 30.3 Å². The average molecular weight is 855 g/mol. The lowest BCUT2D eigenvalue weighted by molar-refractivity contribution is 0.0697. The Labute approximate surface area is 348 Å². The summed E-state index contributed by atoms with van der Waals surface area (Å²) in [5.41, 5.74) is 7.42. The molecule has 0 saturated heterocycles. The molecule has 0 unspecified atom stereocenters. The summed E-state index contributed by atoms with van der Waals surface area (Å²) >= 11 is 0. The summed E-state index contributed by atoms with van der Waals surface area (Å²) in [4.78, 5) is 37.1. The van der Waals surface area contributed by atoms with Crippen LogP contribution in [0.15, 0.2) is 149 Å². The van der Waals surface area contributed by atoms with Crippen molar-refractivity contribution in [3.8, 4) is 22.5 Å². The van der Waals surface area contributed by atoms with Gasteiger partial charge in [-0.05, 0) is 60.2 Å². The van der Waals surface area contributed by atoms with Crippen LogP contribution in [-0.2, 0) is 46.2 Å². The van der Waals surface area contributed by atoms with Crippen LogP contribution in [0.1, 0.15) is 33.1 Å². The van der Waals surface area contributed by atoms with E-state index in [1.165, 1.54) is 92.0 Å². The number of hydrogen-bond donors (Lipinski definition) is 3. The van der Waals surface area contributed by atoms with E-state index < -0.39 is 46.9 Å². The number of carboxylic acid groups (broad SMARTS) is 1. The van der Waals surface area contributed by atoms with Crippen LogP contribution in [0.4, 0.5) is 5.69 Å². The van der Waals surface area contributed by atoms with Gasteiger partial charge in [-0.3, -0.25) is 35.3 Å². The van der Waals surface area contributed by atoms with Crippen LogP contribution in [0.5, 0.6) is 0 Å². The number of carboxylic acids is 1. The first kappa shape index (κ1) is 40.5. The molecular weight excluding hydrogens is 821 g/mol. The topological polar surface area (TPSA) is 252 Å². The first-order valence-electron chi connectivity index (χ1n) is 18.4. The summed E-state index contributed by atoms with van der Waals surface area (Å²) in [5, 5.41) is 19.1. The number of aromatic carboxylic acids is 1. The number of fused-ring (bicyclic) bond motifs is 2. The predicted octanol–water partition coefficient (Wildman–Crippen LogP) is 5.12. The molecule has 8 rings (SSSR count). The molecule has 17 nitrogen and oxygen atoms in total. The smallest absolute Gasteiger partial charge is 0.336 e. The third-order valence-corrected chi connectivity index (χ3v) is 13.4. The van der Waals surface area contributed by atoms with Gasteiger partial charge in [0.25, 0.3) is 0 Å². The minimum atomic E-state index is -4.79. The highest BCUT2D eigenvalue weighted by molar-refractivity contribution is 7.89. The number of carbonyl (C=O) groups is 1. The van der Waals surface area contributed by atoms with Crippen LogP contribution in [0.25, 0.3) is 33.4 Å². The van der Waals surface area contributed by atoms with E-state index in [0.717, 1.165) is 8.61 Å². The maximum Gasteiger partial charge on any atom is 0.336 e. The standard InChI is InChI=1S/C42H34N10O7S2/c43-35-13-11-33-37(31-9-1-2-10-32(31)42(53)54)34-12-14-36(44)41(61(57,58)52(24-28-8-4-6-16-48-28)26-30-22-46-18-20-50-30)39(34)59-38(33)40(35)60(55,56)51(23-27-7-3-5-15-47-27)25-29-21-45-17-19-49-29/h1-22,43H,23-26,44H2,(H,53,54). The quantitative estimate of drug-likeness (QED) is 0.0949. The van der Waals surface area contributed by atoms with Gasteiger partial charge in [-0.15, -0.1) is 0 Å². The fraction of sp³-hybridized carbons (Fsp3) is 0.0952. The van der Waals surface area contributed by atoms with Gasteiger partial charge >= 0.3 is 5.97 Å². The van der Waals surface area contributed by atoms with Gasteiger partial charge in [0, 0.05) is 66.1 Å². The normalized spacial score (nSPS) is 12.0. The zero-order valence-electron chi connectivity index (χ0n) is 31.9. The Kier molecular flexibility index (Phi) is 11.1. The van der Waals surface area contributed by atoms with Crippen molar-refractivity contribution < 1.29 is 31.2 Å². The Hall–Kier alpha value is -7.32. The zero-order chi connectivity index (χ0) is 42.7. The van der Waals surface area contributed by atoms with Crippen LogP contribution in [-0.4, -0.2) is 66.4 Å². The lowest BCUT2D eigenvalue weighted by Crippen LogP contribution is -2.34. The molecule has 4 N–H and O–H groups in total. The molecular formula is C42H34N10O7S2. The average Bonchev–Trinajstić information content (AvgIpc) is 3.26. The SMILES string of the molecule is N=c1ccc2c(-c3ccccc3C(=O)O)c3ccc(N)c(S(=O)(=O)N(Cc4ccccn4)Cc4cnccn4)c3oc-2c1S(=O)(=O)N(Cc1ccccn1)Cc1cnccn1. The number of nitrogen functional groups attached to an aromatic ring is 1. The lowest BCUT2D eigenvalue weighted by Gasteiger charge is -2.26. The van der Waals surface area contributed by atoms with Gasteiger partial charge < -0.3 is 15.3 Å². The van der Waals surface area contributed by atoms with Crippen molar-refractivity contribution in [1.29, 1.82) is 5.41 Å². The molecule has 0 amide bonds. The van der Waals surface area contributed by atoms with E-state index in [-0.39, 0.29) is 70.8 Å². The van der Waals surface area contributed by atoms with Gasteiger partial charge in [0.1, 0.15) is 4.90 Å². The molecule has 0 radical (unpaired) electrons. The van der Waals surface area contributed by atoms with E-state index in [1.807, 2.05) is 0 Å². The lowest BCUT2D eigenvalue weighted by atomic mass is 9.90. The van der Waals surface area contributed by atoms with Gasteiger partial charge in [0.05, 0.1) is 65.6 Å². The summed E-state index contributed by atoms with van der Waals surface area (Å²) in [6.45, 7) is -1.11.